The number of carbonyl (C=O) groups excluding carboxylic acids is 1. The molecule has 192 valence electrons. The van der Waals surface area contributed by atoms with Gasteiger partial charge in [0, 0.05) is 29.8 Å². The Morgan fingerprint density at radius 2 is 1.97 bits per heavy atom. The molecule has 0 spiro atoms. The molecule has 1 saturated heterocycles. The van der Waals surface area contributed by atoms with Crippen molar-refractivity contribution >= 4 is 27.1 Å². The van der Waals surface area contributed by atoms with Crippen LogP contribution in [0.2, 0.25) is 0 Å². The first-order valence-corrected chi connectivity index (χ1v) is 15.0. The maximum Gasteiger partial charge on any atom is 0.225 e. The molecular formula is C25H40N2O5S2. The number of sulfone groups is 1. The molecule has 34 heavy (non-hydrogen) atoms. The number of aliphatic hydroxyl groups is 1. The predicted octanol–water partition coefficient (Wildman–Crippen LogP) is 3.40. The molecule has 0 bridgehead atoms. The van der Waals surface area contributed by atoms with E-state index in [-0.39, 0.29) is 40.7 Å². The second kappa shape index (κ2) is 9.12. The molecule has 0 unspecified atom stereocenters. The highest BCUT2D eigenvalue weighted by Crippen LogP contribution is 2.57. The van der Waals surface area contributed by atoms with Crippen molar-refractivity contribution in [3.8, 4) is 0 Å². The van der Waals surface area contributed by atoms with Gasteiger partial charge in [0.2, 0.25) is 5.91 Å². The summed E-state index contributed by atoms with van der Waals surface area (Å²) in [5.74, 6) is -0.250. The molecule has 2 heterocycles. The number of hydrogen-bond donors (Lipinski definition) is 1. The Balaban J connectivity index is 1.56. The van der Waals surface area contributed by atoms with E-state index in [1.807, 2.05) is 11.8 Å². The van der Waals surface area contributed by atoms with Crippen molar-refractivity contribution < 1.29 is 23.1 Å². The van der Waals surface area contributed by atoms with Crippen molar-refractivity contribution in [1.82, 2.24) is 9.88 Å². The number of amides is 1. The predicted molar refractivity (Wildman–Crippen MR) is 134 cm³/mol. The standard InChI is InChI=1S/C25H40N2O5S2/c1-15(23(29)27-9-11-32-12-10-27)17-7-8-25(6)13-18-21(16(2)20(25)22(17)28)26-19(33-18)14-34(30,31)24(3,4)5/h15-17,20,22,28H,7-14H2,1-6H3/t15-,16-,17+,20+,22-,25-/m0/s1. The number of carbonyl (C=O) groups is 1. The topological polar surface area (TPSA) is 96.8 Å². The van der Waals surface area contributed by atoms with Crippen LogP contribution in [0, 0.1) is 23.2 Å². The fraction of sp³-hybridized carbons (Fsp3) is 0.840. The third-order valence-corrected chi connectivity index (χ3v) is 12.3. The molecule has 1 aromatic heterocycles. The molecule has 2 fully saturated rings. The minimum Gasteiger partial charge on any atom is -0.392 e. The summed E-state index contributed by atoms with van der Waals surface area (Å²) in [5.41, 5.74) is 0.856. The number of rotatable bonds is 4. The summed E-state index contributed by atoms with van der Waals surface area (Å²) in [6.07, 6.45) is 1.97. The van der Waals surface area contributed by atoms with Crippen LogP contribution < -0.4 is 0 Å². The normalized spacial score (nSPS) is 33.2. The minimum absolute atomic E-state index is 0.00661. The van der Waals surface area contributed by atoms with Gasteiger partial charge in [0.1, 0.15) is 10.8 Å². The zero-order valence-corrected chi connectivity index (χ0v) is 23.0. The van der Waals surface area contributed by atoms with Crippen molar-refractivity contribution in [3.63, 3.8) is 0 Å². The Kier molecular flexibility index (Phi) is 6.99. The molecule has 1 aliphatic heterocycles. The van der Waals surface area contributed by atoms with Crippen LogP contribution >= 0.6 is 11.3 Å². The fourth-order valence-electron chi connectivity index (χ4n) is 6.29. The van der Waals surface area contributed by atoms with Gasteiger partial charge in [-0.2, -0.15) is 0 Å². The summed E-state index contributed by atoms with van der Waals surface area (Å²) in [7, 11) is -3.31. The fourth-order valence-corrected chi connectivity index (χ4v) is 8.98. The van der Waals surface area contributed by atoms with E-state index in [1.54, 1.807) is 20.8 Å². The zero-order chi connectivity index (χ0) is 25.1. The maximum absolute atomic E-state index is 13.2. The number of aromatic nitrogens is 1. The van der Waals surface area contributed by atoms with Gasteiger partial charge >= 0.3 is 0 Å². The summed E-state index contributed by atoms with van der Waals surface area (Å²) in [6.45, 7) is 13.9. The Morgan fingerprint density at radius 3 is 2.59 bits per heavy atom. The van der Waals surface area contributed by atoms with Crippen LogP contribution in [0.4, 0.5) is 0 Å². The molecule has 0 aromatic carbocycles. The zero-order valence-electron chi connectivity index (χ0n) is 21.3. The molecule has 1 aromatic rings. The second-order valence-corrected chi connectivity index (χ2v) is 15.8. The van der Waals surface area contributed by atoms with Crippen LogP contribution in [0.15, 0.2) is 0 Å². The van der Waals surface area contributed by atoms with Crippen molar-refractivity contribution in [2.45, 2.75) is 83.3 Å². The SMILES string of the molecule is C[C@H](C(=O)N1CCOCC1)[C@H]1CC[C@@]2(C)Cc3sc(CS(=O)(=O)C(C)(C)C)nc3[C@@H](C)[C@@H]2[C@H]1O. The smallest absolute Gasteiger partial charge is 0.225 e. The van der Waals surface area contributed by atoms with Crippen LogP contribution in [-0.2, 0) is 31.5 Å². The van der Waals surface area contributed by atoms with E-state index in [1.165, 1.54) is 11.3 Å². The first-order valence-electron chi connectivity index (χ1n) is 12.5. The van der Waals surface area contributed by atoms with Gasteiger partial charge in [-0.1, -0.05) is 20.8 Å². The van der Waals surface area contributed by atoms with Gasteiger partial charge in [0.05, 0.1) is 29.8 Å². The molecule has 7 nitrogen and oxygen atoms in total. The van der Waals surface area contributed by atoms with Crippen LogP contribution in [0.25, 0.3) is 0 Å². The summed E-state index contributed by atoms with van der Waals surface area (Å²) < 4.78 is 30.1. The number of ether oxygens (including phenoxy) is 1. The Bertz CT molecular complexity index is 1020. The van der Waals surface area contributed by atoms with E-state index in [4.69, 9.17) is 9.72 Å². The third-order valence-electron chi connectivity index (χ3n) is 8.57. The van der Waals surface area contributed by atoms with Crippen LogP contribution in [0.1, 0.15) is 75.9 Å². The number of thiazole rings is 1. The molecular weight excluding hydrogens is 472 g/mol. The number of morpholine rings is 1. The molecule has 1 amide bonds. The van der Waals surface area contributed by atoms with Crippen LogP contribution in [0.5, 0.6) is 0 Å². The van der Waals surface area contributed by atoms with Crippen molar-refractivity contribution in [2.75, 3.05) is 26.3 Å². The van der Waals surface area contributed by atoms with Gasteiger partial charge in [-0.05, 0) is 57.3 Å². The average Bonchev–Trinajstić information content (AvgIpc) is 3.14. The number of fused-ring (bicyclic) bond motifs is 2. The summed E-state index contributed by atoms with van der Waals surface area (Å²) >= 11 is 1.52. The van der Waals surface area contributed by atoms with Gasteiger partial charge in [-0.25, -0.2) is 13.4 Å². The summed E-state index contributed by atoms with van der Waals surface area (Å²) in [5, 5.41) is 12.3. The Labute approximate surface area is 208 Å². The van der Waals surface area contributed by atoms with Gasteiger partial charge < -0.3 is 14.7 Å². The van der Waals surface area contributed by atoms with Gasteiger partial charge in [0.25, 0.3) is 0 Å². The van der Waals surface area contributed by atoms with Crippen LogP contribution in [-0.4, -0.2) is 66.5 Å². The lowest BCUT2D eigenvalue weighted by molar-refractivity contribution is -0.148. The Morgan fingerprint density at radius 1 is 1.32 bits per heavy atom. The van der Waals surface area contributed by atoms with Crippen molar-refractivity contribution in [2.24, 2.45) is 23.2 Å². The summed E-state index contributed by atoms with van der Waals surface area (Å²) in [4.78, 5) is 21.0. The Hall–Kier alpha value is -1.03. The monoisotopic (exact) mass is 512 g/mol. The lowest BCUT2D eigenvalue weighted by Crippen LogP contribution is -2.54. The minimum atomic E-state index is -3.31. The molecule has 6 atom stereocenters. The van der Waals surface area contributed by atoms with Crippen LogP contribution in [0.3, 0.4) is 0 Å². The van der Waals surface area contributed by atoms with Gasteiger partial charge in [0.15, 0.2) is 9.84 Å². The van der Waals surface area contributed by atoms with Gasteiger partial charge in [-0.3, -0.25) is 4.79 Å². The number of aliphatic hydroxyl groups excluding tert-OH is 1. The largest absolute Gasteiger partial charge is 0.392 e. The first kappa shape index (κ1) is 26.0. The van der Waals surface area contributed by atoms with Gasteiger partial charge in [-0.15, -0.1) is 11.3 Å². The average molecular weight is 513 g/mol. The first-order chi connectivity index (χ1) is 15.7. The molecule has 4 rings (SSSR count). The lowest BCUT2D eigenvalue weighted by Gasteiger charge is -2.53. The number of nitrogens with zero attached hydrogens (tertiary/aromatic N) is 2. The van der Waals surface area contributed by atoms with E-state index in [0.717, 1.165) is 29.8 Å². The molecule has 1 N–H and O–H groups in total. The third kappa shape index (κ3) is 4.58. The van der Waals surface area contributed by atoms with E-state index in [9.17, 15) is 18.3 Å². The molecule has 1 saturated carbocycles. The highest BCUT2D eigenvalue weighted by atomic mass is 32.2. The number of hydrogen-bond acceptors (Lipinski definition) is 7. The molecule has 0 radical (unpaired) electrons. The summed E-state index contributed by atoms with van der Waals surface area (Å²) in [6, 6.07) is 0. The molecule has 9 heteroatoms. The van der Waals surface area contributed by atoms with Crippen molar-refractivity contribution in [1.29, 1.82) is 0 Å². The van der Waals surface area contributed by atoms with E-state index in [2.05, 4.69) is 13.8 Å². The quantitative estimate of drug-likeness (QED) is 0.664. The molecule has 3 aliphatic rings. The molecule has 2 aliphatic carbocycles. The lowest BCUT2D eigenvalue weighted by atomic mass is 9.53. The second-order valence-electron chi connectivity index (χ2n) is 11.9. The van der Waals surface area contributed by atoms with E-state index < -0.39 is 20.7 Å². The highest BCUT2D eigenvalue weighted by molar-refractivity contribution is 7.92. The maximum atomic E-state index is 13.2. The van der Waals surface area contributed by atoms with E-state index >= 15 is 0 Å². The van der Waals surface area contributed by atoms with E-state index in [0.29, 0.717) is 31.3 Å². The highest BCUT2D eigenvalue weighted by Gasteiger charge is 2.54. The van der Waals surface area contributed by atoms with Crippen molar-refractivity contribution in [3.05, 3.63) is 15.6 Å².